The number of hydrogen-bond acceptors (Lipinski definition) is 5. The highest BCUT2D eigenvalue weighted by atomic mass is 79.9. The number of rotatable bonds is 5. The van der Waals surface area contributed by atoms with Crippen LogP contribution in [-0.4, -0.2) is 35.0 Å². The minimum absolute atomic E-state index is 0.0411. The molecular weight excluding hydrogens is 340 g/mol. The number of likely N-dealkylation sites (tertiary alicyclic amines) is 1. The highest BCUT2D eigenvalue weighted by Crippen LogP contribution is 2.28. The number of nitro groups is 1. The van der Waals surface area contributed by atoms with Crippen molar-refractivity contribution in [1.82, 2.24) is 4.90 Å². The molecule has 1 aliphatic heterocycles. The fourth-order valence-electron chi connectivity index (χ4n) is 2.55. The molecule has 0 aliphatic carbocycles. The van der Waals surface area contributed by atoms with Gasteiger partial charge in [-0.2, -0.15) is 0 Å². The largest absolute Gasteiger partial charge is 0.465 e. The van der Waals surface area contributed by atoms with Gasteiger partial charge in [0.2, 0.25) is 0 Å². The molecule has 114 valence electrons. The number of halogens is 1. The zero-order valence-corrected chi connectivity index (χ0v) is 13.3. The Morgan fingerprint density at radius 3 is 3.00 bits per heavy atom. The van der Waals surface area contributed by atoms with Crippen LogP contribution in [-0.2, 0) is 16.1 Å². The molecule has 1 fully saturated rings. The van der Waals surface area contributed by atoms with Gasteiger partial charge in [-0.15, -0.1) is 0 Å². The van der Waals surface area contributed by atoms with E-state index in [1.54, 1.807) is 19.1 Å². The topological polar surface area (TPSA) is 72.7 Å². The van der Waals surface area contributed by atoms with Gasteiger partial charge in [-0.25, -0.2) is 0 Å². The third kappa shape index (κ3) is 3.79. The monoisotopic (exact) mass is 356 g/mol. The molecule has 6 nitrogen and oxygen atoms in total. The number of esters is 1. The van der Waals surface area contributed by atoms with E-state index in [0.29, 0.717) is 17.6 Å². The Morgan fingerprint density at radius 2 is 2.33 bits per heavy atom. The van der Waals surface area contributed by atoms with Crippen molar-refractivity contribution in [2.45, 2.75) is 32.4 Å². The van der Waals surface area contributed by atoms with Gasteiger partial charge in [-0.05, 0) is 53.9 Å². The lowest BCUT2D eigenvalue weighted by molar-refractivity contribution is -0.385. The van der Waals surface area contributed by atoms with Crippen LogP contribution in [0.1, 0.15) is 25.3 Å². The molecule has 1 atom stereocenters. The van der Waals surface area contributed by atoms with Crippen LogP contribution in [0, 0.1) is 10.1 Å². The van der Waals surface area contributed by atoms with Crippen molar-refractivity contribution in [3.05, 3.63) is 38.3 Å². The quantitative estimate of drug-likeness (QED) is 0.460. The van der Waals surface area contributed by atoms with Gasteiger partial charge in [-0.1, -0.05) is 6.07 Å². The molecule has 7 heteroatoms. The SMILES string of the molecule is CCOC(=O)C1CCCN1Cc1ccc(Br)c([N+](=O)[O-])c1. The molecule has 1 aromatic carbocycles. The van der Waals surface area contributed by atoms with Gasteiger partial charge in [0, 0.05) is 12.6 Å². The predicted molar refractivity (Wildman–Crippen MR) is 80.9 cm³/mol. The van der Waals surface area contributed by atoms with E-state index in [0.717, 1.165) is 24.9 Å². The average molecular weight is 357 g/mol. The maximum Gasteiger partial charge on any atom is 0.323 e. The summed E-state index contributed by atoms with van der Waals surface area (Å²) < 4.78 is 5.54. The zero-order valence-electron chi connectivity index (χ0n) is 11.8. The van der Waals surface area contributed by atoms with Crippen LogP contribution in [0.4, 0.5) is 5.69 Å². The molecule has 1 heterocycles. The average Bonchev–Trinajstić information content (AvgIpc) is 2.89. The Bertz CT molecular complexity index is 550. The number of benzene rings is 1. The third-order valence-electron chi connectivity index (χ3n) is 3.52. The molecule has 0 N–H and O–H groups in total. The van der Waals surface area contributed by atoms with Crippen molar-refractivity contribution in [2.24, 2.45) is 0 Å². The van der Waals surface area contributed by atoms with Gasteiger partial charge < -0.3 is 4.74 Å². The van der Waals surface area contributed by atoms with E-state index in [9.17, 15) is 14.9 Å². The lowest BCUT2D eigenvalue weighted by Crippen LogP contribution is -2.36. The van der Waals surface area contributed by atoms with E-state index in [1.807, 2.05) is 11.0 Å². The maximum atomic E-state index is 11.9. The Balaban J connectivity index is 2.12. The van der Waals surface area contributed by atoms with Gasteiger partial charge in [0.25, 0.3) is 5.69 Å². The summed E-state index contributed by atoms with van der Waals surface area (Å²) in [6.07, 6.45) is 1.71. The van der Waals surface area contributed by atoms with Crippen molar-refractivity contribution < 1.29 is 14.5 Å². The van der Waals surface area contributed by atoms with Gasteiger partial charge in [0.1, 0.15) is 6.04 Å². The summed E-state index contributed by atoms with van der Waals surface area (Å²) in [4.78, 5) is 24.5. The first-order valence-corrected chi connectivity index (χ1v) is 7.65. The van der Waals surface area contributed by atoms with Crippen molar-refractivity contribution >= 4 is 27.6 Å². The second-order valence-corrected chi connectivity index (χ2v) is 5.78. The molecule has 0 aromatic heterocycles. The second kappa shape index (κ2) is 7.00. The van der Waals surface area contributed by atoms with Gasteiger partial charge in [0.05, 0.1) is 16.0 Å². The van der Waals surface area contributed by atoms with Crippen LogP contribution in [0.3, 0.4) is 0 Å². The van der Waals surface area contributed by atoms with Gasteiger partial charge in [-0.3, -0.25) is 19.8 Å². The molecule has 0 radical (unpaired) electrons. The summed E-state index contributed by atoms with van der Waals surface area (Å²) in [5, 5.41) is 11.0. The molecule has 1 aliphatic rings. The molecule has 1 saturated heterocycles. The predicted octanol–water partition coefficient (Wildman–Crippen LogP) is 2.88. The zero-order chi connectivity index (χ0) is 15.4. The Hall–Kier alpha value is -1.47. The lowest BCUT2D eigenvalue weighted by Gasteiger charge is -2.22. The summed E-state index contributed by atoms with van der Waals surface area (Å²) in [7, 11) is 0. The number of carbonyl (C=O) groups excluding carboxylic acids is 1. The minimum Gasteiger partial charge on any atom is -0.465 e. The third-order valence-corrected chi connectivity index (χ3v) is 4.19. The maximum absolute atomic E-state index is 11.9. The van der Waals surface area contributed by atoms with Crippen LogP contribution < -0.4 is 0 Å². The lowest BCUT2D eigenvalue weighted by atomic mass is 10.1. The summed E-state index contributed by atoms with van der Waals surface area (Å²) in [5.41, 5.74) is 0.862. The molecular formula is C14H17BrN2O4. The number of carbonyl (C=O) groups is 1. The molecule has 0 spiro atoms. The van der Waals surface area contributed by atoms with Gasteiger partial charge >= 0.3 is 5.97 Å². The van der Waals surface area contributed by atoms with Crippen molar-refractivity contribution in [3.63, 3.8) is 0 Å². The standard InChI is InChI=1S/C14H17BrN2O4/c1-2-21-14(18)12-4-3-7-16(12)9-10-5-6-11(15)13(8-10)17(19)20/h5-6,8,12H,2-4,7,9H2,1H3. The van der Waals surface area contributed by atoms with Crippen LogP contribution in [0.25, 0.3) is 0 Å². The van der Waals surface area contributed by atoms with Gasteiger partial charge in [0.15, 0.2) is 0 Å². The highest BCUT2D eigenvalue weighted by Gasteiger charge is 2.31. The molecule has 0 bridgehead atoms. The van der Waals surface area contributed by atoms with Crippen LogP contribution in [0.2, 0.25) is 0 Å². The molecule has 1 aromatic rings. The van der Waals surface area contributed by atoms with E-state index in [-0.39, 0.29) is 17.7 Å². The van der Waals surface area contributed by atoms with E-state index in [4.69, 9.17) is 4.74 Å². The van der Waals surface area contributed by atoms with Crippen molar-refractivity contribution in [3.8, 4) is 0 Å². The molecule has 1 unspecified atom stereocenters. The van der Waals surface area contributed by atoms with E-state index >= 15 is 0 Å². The fraction of sp³-hybridized carbons (Fsp3) is 0.500. The summed E-state index contributed by atoms with van der Waals surface area (Å²) in [6, 6.07) is 4.80. The van der Waals surface area contributed by atoms with E-state index < -0.39 is 4.92 Å². The normalized spacial score (nSPS) is 18.7. The fourth-order valence-corrected chi connectivity index (χ4v) is 2.94. The van der Waals surface area contributed by atoms with E-state index in [1.165, 1.54) is 0 Å². The first-order valence-electron chi connectivity index (χ1n) is 6.86. The smallest absolute Gasteiger partial charge is 0.323 e. The number of nitro benzene ring substituents is 1. The minimum atomic E-state index is -0.416. The van der Waals surface area contributed by atoms with Crippen LogP contribution in [0.15, 0.2) is 22.7 Å². The van der Waals surface area contributed by atoms with Crippen LogP contribution >= 0.6 is 15.9 Å². The summed E-state index contributed by atoms with van der Waals surface area (Å²) in [5.74, 6) is -0.207. The van der Waals surface area contributed by atoms with Crippen molar-refractivity contribution in [2.75, 3.05) is 13.2 Å². The highest BCUT2D eigenvalue weighted by molar-refractivity contribution is 9.10. The summed E-state index contributed by atoms with van der Waals surface area (Å²) in [6.45, 7) is 3.47. The number of hydrogen-bond donors (Lipinski definition) is 0. The number of nitrogens with zero attached hydrogens (tertiary/aromatic N) is 2. The molecule has 0 saturated carbocycles. The first-order chi connectivity index (χ1) is 10.0. The first kappa shape index (κ1) is 15.9. The van der Waals surface area contributed by atoms with Crippen molar-refractivity contribution in [1.29, 1.82) is 0 Å². The van der Waals surface area contributed by atoms with E-state index in [2.05, 4.69) is 15.9 Å². The molecule has 2 rings (SSSR count). The molecule has 0 amide bonds. The second-order valence-electron chi connectivity index (χ2n) is 4.92. The Labute approximate surface area is 131 Å². The molecule has 21 heavy (non-hydrogen) atoms. The Morgan fingerprint density at radius 1 is 1.57 bits per heavy atom. The number of ether oxygens (including phenoxy) is 1. The van der Waals surface area contributed by atoms with Crippen LogP contribution in [0.5, 0.6) is 0 Å². The Kier molecular flexibility index (Phi) is 5.30. The summed E-state index contributed by atoms with van der Waals surface area (Å²) >= 11 is 3.17.